The Bertz CT molecular complexity index is 655. The van der Waals surface area contributed by atoms with Gasteiger partial charge in [-0.05, 0) is 24.3 Å². The molecular weight excluding hydrogens is 338 g/mol. The van der Waals surface area contributed by atoms with Crippen LogP contribution in [0.25, 0.3) is 0 Å². The third-order valence-electron chi connectivity index (χ3n) is 3.25. The molecule has 0 aliphatic carbocycles. The highest BCUT2D eigenvalue weighted by atomic mass is 32.2. The minimum atomic E-state index is -3.48. The minimum absolute atomic E-state index is 0.0738. The Morgan fingerprint density at radius 1 is 1.12 bits per heavy atom. The minimum Gasteiger partial charge on any atom is -0.480 e. The molecule has 0 bridgehead atoms. The molecule has 2 N–H and O–H groups in total. The molecule has 1 aromatic rings. The molecule has 0 saturated carbocycles. The summed E-state index contributed by atoms with van der Waals surface area (Å²) in [6.07, 6.45) is 0.126. The second-order valence-electron chi connectivity index (χ2n) is 4.98. The summed E-state index contributed by atoms with van der Waals surface area (Å²) in [6, 6.07) is 4.21. The zero-order valence-electron chi connectivity index (χ0n) is 13.5. The van der Waals surface area contributed by atoms with Crippen molar-refractivity contribution < 1.29 is 32.6 Å². The number of ether oxygens (including phenoxy) is 2. The number of sulfone groups is 1. The lowest BCUT2D eigenvalue weighted by atomic mass is 10.1. The molecule has 1 amide bonds. The van der Waals surface area contributed by atoms with Gasteiger partial charge in [-0.1, -0.05) is 0 Å². The molecule has 8 nitrogen and oxygen atoms in total. The molecule has 1 aromatic carbocycles. The average molecular weight is 359 g/mol. The van der Waals surface area contributed by atoms with Crippen LogP contribution in [-0.2, 0) is 24.1 Å². The molecule has 1 rings (SSSR count). The maximum atomic E-state index is 12.1. The number of hydrogen-bond acceptors (Lipinski definition) is 6. The summed E-state index contributed by atoms with van der Waals surface area (Å²) in [7, 11) is -0.639. The number of methoxy groups -OCH3 is 2. The Kier molecular flexibility index (Phi) is 7.83. The van der Waals surface area contributed by atoms with E-state index in [0.29, 0.717) is 0 Å². The van der Waals surface area contributed by atoms with E-state index in [1.54, 1.807) is 0 Å². The Morgan fingerprint density at radius 2 is 1.71 bits per heavy atom. The number of carboxylic acid groups (broad SMARTS) is 1. The van der Waals surface area contributed by atoms with Crippen LogP contribution in [0.1, 0.15) is 16.8 Å². The predicted molar refractivity (Wildman–Crippen MR) is 85.8 cm³/mol. The smallest absolute Gasteiger partial charge is 0.326 e. The van der Waals surface area contributed by atoms with Gasteiger partial charge in [0.05, 0.1) is 17.3 Å². The van der Waals surface area contributed by atoms with Crippen LogP contribution in [0.15, 0.2) is 29.2 Å². The topological polar surface area (TPSA) is 119 Å². The molecule has 0 fully saturated rings. The van der Waals surface area contributed by atoms with Gasteiger partial charge in [0.1, 0.15) is 6.04 Å². The van der Waals surface area contributed by atoms with Crippen molar-refractivity contribution in [2.75, 3.05) is 33.2 Å². The van der Waals surface area contributed by atoms with Crippen LogP contribution in [0.2, 0.25) is 0 Å². The largest absolute Gasteiger partial charge is 0.480 e. The van der Waals surface area contributed by atoms with Crippen molar-refractivity contribution in [2.45, 2.75) is 17.4 Å². The zero-order valence-corrected chi connectivity index (χ0v) is 14.3. The fourth-order valence-electron chi connectivity index (χ4n) is 1.86. The van der Waals surface area contributed by atoms with Crippen LogP contribution in [0.5, 0.6) is 0 Å². The van der Waals surface area contributed by atoms with E-state index in [2.05, 4.69) is 5.32 Å². The SMILES string of the molecule is COCCC(NC(=O)c1ccc(S(=O)(=O)CCOC)cc1)C(=O)O. The Hall–Kier alpha value is -1.97. The molecule has 0 radical (unpaired) electrons. The van der Waals surface area contributed by atoms with Crippen molar-refractivity contribution in [3.05, 3.63) is 29.8 Å². The summed E-state index contributed by atoms with van der Waals surface area (Å²) in [5.74, 6) is -1.92. The first-order valence-corrected chi connectivity index (χ1v) is 8.81. The van der Waals surface area contributed by atoms with Crippen molar-refractivity contribution in [1.29, 1.82) is 0 Å². The fourth-order valence-corrected chi connectivity index (χ4v) is 3.03. The summed E-state index contributed by atoms with van der Waals surface area (Å²) in [4.78, 5) is 23.2. The Morgan fingerprint density at radius 3 is 2.21 bits per heavy atom. The molecule has 0 saturated heterocycles. The maximum Gasteiger partial charge on any atom is 0.326 e. The van der Waals surface area contributed by atoms with E-state index >= 15 is 0 Å². The predicted octanol–water partition coefficient (Wildman–Crippen LogP) is 0.326. The highest BCUT2D eigenvalue weighted by Gasteiger charge is 2.21. The molecule has 0 aliphatic heterocycles. The quantitative estimate of drug-likeness (QED) is 0.618. The van der Waals surface area contributed by atoms with Crippen molar-refractivity contribution in [2.24, 2.45) is 0 Å². The van der Waals surface area contributed by atoms with Gasteiger partial charge in [0.25, 0.3) is 5.91 Å². The molecule has 0 aromatic heterocycles. The van der Waals surface area contributed by atoms with E-state index in [4.69, 9.17) is 14.6 Å². The highest BCUT2D eigenvalue weighted by molar-refractivity contribution is 7.91. The van der Waals surface area contributed by atoms with Gasteiger partial charge in [0.15, 0.2) is 9.84 Å². The third kappa shape index (κ3) is 5.91. The standard InChI is InChI=1S/C15H21NO7S/c1-22-8-7-13(15(18)19)16-14(17)11-3-5-12(6-4-11)24(20,21)10-9-23-2/h3-6,13H,7-10H2,1-2H3,(H,16,17)(H,18,19). The summed E-state index contributed by atoms with van der Waals surface area (Å²) >= 11 is 0. The van der Waals surface area contributed by atoms with Crippen molar-refractivity contribution in [1.82, 2.24) is 5.32 Å². The number of nitrogens with one attached hydrogen (secondary N) is 1. The molecule has 0 spiro atoms. The van der Waals surface area contributed by atoms with Crippen LogP contribution in [0.3, 0.4) is 0 Å². The van der Waals surface area contributed by atoms with E-state index < -0.39 is 27.8 Å². The number of carboxylic acids is 1. The summed E-state index contributed by atoms with van der Waals surface area (Å²) in [6.45, 7) is 0.262. The normalized spacial score (nSPS) is 12.6. The van der Waals surface area contributed by atoms with Gasteiger partial charge >= 0.3 is 5.97 Å². The van der Waals surface area contributed by atoms with Crippen LogP contribution >= 0.6 is 0 Å². The van der Waals surface area contributed by atoms with Crippen LogP contribution < -0.4 is 5.32 Å². The second-order valence-corrected chi connectivity index (χ2v) is 7.09. The zero-order chi connectivity index (χ0) is 18.2. The number of hydrogen-bond donors (Lipinski definition) is 2. The Balaban J connectivity index is 2.81. The molecule has 0 heterocycles. The molecule has 9 heteroatoms. The molecule has 1 unspecified atom stereocenters. The average Bonchev–Trinajstić information content (AvgIpc) is 2.56. The lowest BCUT2D eigenvalue weighted by Crippen LogP contribution is -2.41. The van der Waals surface area contributed by atoms with Gasteiger partial charge in [0.2, 0.25) is 0 Å². The fraction of sp³-hybridized carbons (Fsp3) is 0.467. The van der Waals surface area contributed by atoms with Gasteiger partial charge in [-0.15, -0.1) is 0 Å². The monoisotopic (exact) mass is 359 g/mol. The first kappa shape index (κ1) is 20.1. The molecular formula is C15H21NO7S. The van der Waals surface area contributed by atoms with Crippen LogP contribution in [-0.4, -0.2) is 64.6 Å². The summed E-state index contributed by atoms with van der Waals surface area (Å²) in [5, 5.41) is 11.4. The van der Waals surface area contributed by atoms with Crippen LogP contribution in [0, 0.1) is 0 Å². The third-order valence-corrected chi connectivity index (χ3v) is 4.94. The van der Waals surface area contributed by atoms with E-state index in [-0.39, 0.29) is 35.8 Å². The van der Waals surface area contributed by atoms with E-state index in [1.165, 1.54) is 38.5 Å². The van der Waals surface area contributed by atoms with Gasteiger partial charge < -0.3 is 19.9 Å². The number of amides is 1. The second kappa shape index (κ2) is 9.36. The van der Waals surface area contributed by atoms with Gasteiger partial charge in [-0.25, -0.2) is 13.2 Å². The Labute approximate surface area is 140 Å². The summed E-state index contributed by atoms with van der Waals surface area (Å²) < 4.78 is 33.5. The first-order chi connectivity index (χ1) is 11.3. The number of rotatable bonds is 10. The van der Waals surface area contributed by atoms with Crippen molar-refractivity contribution in [3.8, 4) is 0 Å². The lowest BCUT2D eigenvalue weighted by molar-refractivity contribution is -0.139. The highest BCUT2D eigenvalue weighted by Crippen LogP contribution is 2.13. The van der Waals surface area contributed by atoms with Crippen molar-refractivity contribution >= 4 is 21.7 Å². The number of benzene rings is 1. The molecule has 134 valence electrons. The molecule has 24 heavy (non-hydrogen) atoms. The molecule has 0 aliphatic rings. The van der Waals surface area contributed by atoms with Crippen LogP contribution in [0.4, 0.5) is 0 Å². The molecule has 1 atom stereocenters. The number of carbonyl (C=O) groups excluding carboxylic acids is 1. The lowest BCUT2D eigenvalue weighted by Gasteiger charge is -2.14. The van der Waals surface area contributed by atoms with E-state index in [0.717, 1.165) is 0 Å². The number of aliphatic carboxylic acids is 1. The van der Waals surface area contributed by atoms with Gasteiger partial charge in [-0.2, -0.15) is 0 Å². The summed E-state index contributed by atoms with van der Waals surface area (Å²) in [5.41, 5.74) is 0.171. The number of carbonyl (C=O) groups is 2. The van der Waals surface area contributed by atoms with E-state index in [9.17, 15) is 18.0 Å². The van der Waals surface area contributed by atoms with Gasteiger partial charge in [-0.3, -0.25) is 4.79 Å². The van der Waals surface area contributed by atoms with E-state index in [1.807, 2.05) is 0 Å². The van der Waals surface area contributed by atoms with Crippen molar-refractivity contribution in [3.63, 3.8) is 0 Å². The first-order valence-electron chi connectivity index (χ1n) is 7.16. The maximum absolute atomic E-state index is 12.1. The van der Waals surface area contributed by atoms with Gasteiger partial charge in [0, 0.05) is 32.8 Å².